The molecule has 0 bridgehead atoms. The summed E-state index contributed by atoms with van der Waals surface area (Å²) in [5.74, 6) is 0.406. The van der Waals surface area contributed by atoms with Crippen molar-refractivity contribution < 1.29 is 12.6 Å². The zero-order valence-corrected chi connectivity index (χ0v) is 14.4. The van der Waals surface area contributed by atoms with E-state index in [1.54, 1.807) is 24.3 Å². The molecule has 2 fully saturated rings. The van der Waals surface area contributed by atoms with Gasteiger partial charge in [-0.3, -0.25) is 4.18 Å². The first kappa shape index (κ1) is 15.9. The monoisotopic (exact) mass is 342 g/mol. The SMILES string of the molecule is O=S(=O)(O[C@H]1C[C@@]12CCCC[C@@H]2c1ccccc1)c1ccccc1. The van der Waals surface area contributed by atoms with Gasteiger partial charge in [0, 0.05) is 5.41 Å². The molecule has 2 aromatic carbocycles. The van der Waals surface area contributed by atoms with Gasteiger partial charge in [-0.05, 0) is 42.9 Å². The summed E-state index contributed by atoms with van der Waals surface area (Å²) in [6.07, 6.45) is 5.21. The first-order chi connectivity index (χ1) is 11.6. The predicted molar refractivity (Wildman–Crippen MR) is 93.2 cm³/mol. The first-order valence-electron chi connectivity index (χ1n) is 8.65. The maximum atomic E-state index is 12.5. The van der Waals surface area contributed by atoms with Gasteiger partial charge in [0.15, 0.2) is 0 Å². The highest BCUT2D eigenvalue weighted by atomic mass is 32.2. The second kappa shape index (κ2) is 6.01. The van der Waals surface area contributed by atoms with Gasteiger partial charge >= 0.3 is 0 Å². The summed E-state index contributed by atoms with van der Waals surface area (Å²) in [7, 11) is -3.68. The Hall–Kier alpha value is -1.65. The molecule has 2 aromatic rings. The Morgan fingerprint density at radius 2 is 1.58 bits per heavy atom. The smallest absolute Gasteiger partial charge is 0.262 e. The molecule has 2 aliphatic rings. The molecule has 0 aliphatic heterocycles. The van der Waals surface area contributed by atoms with Gasteiger partial charge < -0.3 is 0 Å². The normalized spacial score (nSPS) is 29.5. The van der Waals surface area contributed by atoms with Crippen LogP contribution in [0.2, 0.25) is 0 Å². The Morgan fingerprint density at radius 3 is 2.29 bits per heavy atom. The molecule has 0 N–H and O–H groups in total. The van der Waals surface area contributed by atoms with Crippen molar-refractivity contribution in [3.8, 4) is 0 Å². The van der Waals surface area contributed by atoms with E-state index in [1.165, 1.54) is 12.0 Å². The molecule has 3 nitrogen and oxygen atoms in total. The third kappa shape index (κ3) is 2.78. The van der Waals surface area contributed by atoms with E-state index < -0.39 is 10.1 Å². The number of hydrogen-bond acceptors (Lipinski definition) is 3. The van der Waals surface area contributed by atoms with E-state index in [2.05, 4.69) is 24.3 Å². The molecule has 0 radical (unpaired) electrons. The third-order valence-corrected chi connectivity index (χ3v) is 6.94. The highest BCUT2D eigenvalue weighted by Crippen LogP contribution is 2.65. The molecule has 0 aromatic heterocycles. The van der Waals surface area contributed by atoms with Crippen LogP contribution in [0, 0.1) is 5.41 Å². The molecular formula is C20H22O3S. The van der Waals surface area contributed by atoms with Gasteiger partial charge in [-0.25, -0.2) is 0 Å². The number of hydrogen-bond donors (Lipinski definition) is 0. The van der Waals surface area contributed by atoms with E-state index >= 15 is 0 Å². The van der Waals surface area contributed by atoms with Crippen molar-refractivity contribution >= 4 is 10.1 Å². The molecule has 1 spiro atoms. The van der Waals surface area contributed by atoms with Crippen LogP contribution >= 0.6 is 0 Å². The van der Waals surface area contributed by atoms with E-state index in [4.69, 9.17) is 4.18 Å². The molecule has 0 heterocycles. The van der Waals surface area contributed by atoms with Crippen LogP contribution in [0.1, 0.15) is 43.6 Å². The fourth-order valence-electron chi connectivity index (χ4n) is 4.29. The molecular weight excluding hydrogens is 320 g/mol. The Morgan fingerprint density at radius 1 is 0.917 bits per heavy atom. The van der Waals surface area contributed by atoms with Crippen molar-refractivity contribution in [3.05, 3.63) is 66.2 Å². The van der Waals surface area contributed by atoms with Gasteiger partial charge in [-0.2, -0.15) is 8.42 Å². The lowest BCUT2D eigenvalue weighted by Gasteiger charge is -2.33. The summed E-state index contributed by atoms with van der Waals surface area (Å²) in [6, 6.07) is 19.0. The topological polar surface area (TPSA) is 43.4 Å². The quantitative estimate of drug-likeness (QED) is 0.768. The fraction of sp³-hybridized carbons (Fsp3) is 0.400. The van der Waals surface area contributed by atoms with Crippen LogP contribution in [0.15, 0.2) is 65.6 Å². The minimum Gasteiger partial charge on any atom is -0.262 e. The molecule has 2 saturated carbocycles. The summed E-state index contributed by atoms with van der Waals surface area (Å²) in [4.78, 5) is 0.249. The van der Waals surface area contributed by atoms with E-state index in [9.17, 15) is 8.42 Å². The van der Waals surface area contributed by atoms with Crippen molar-refractivity contribution in [2.24, 2.45) is 5.41 Å². The van der Waals surface area contributed by atoms with Gasteiger partial charge in [-0.15, -0.1) is 0 Å². The third-order valence-electron chi connectivity index (χ3n) is 5.60. The van der Waals surface area contributed by atoms with Gasteiger partial charge in [-0.1, -0.05) is 61.4 Å². The van der Waals surface area contributed by atoms with Crippen LogP contribution < -0.4 is 0 Å². The molecule has 126 valence electrons. The number of rotatable bonds is 4. The minimum absolute atomic E-state index is 0.00144. The van der Waals surface area contributed by atoms with E-state index in [0.717, 1.165) is 25.7 Å². The summed E-state index contributed by atoms with van der Waals surface area (Å²) in [6.45, 7) is 0. The molecule has 4 heteroatoms. The Balaban J connectivity index is 1.57. The van der Waals surface area contributed by atoms with Crippen molar-refractivity contribution in [2.45, 2.75) is 49.0 Å². The summed E-state index contributed by atoms with van der Waals surface area (Å²) >= 11 is 0. The highest BCUT2D eigenvalue weighted by Gasteiger charge is 2.62. The molecule has 24 heavy (non-hydrogen) atoms. The Bertz CT molecular complexity index is 801. The van der Waals surface area contributed by atoms with E-state index in [-0.39, 0.29) is 16.4 Å². The standard InChI is InChI=1S/C20H22O3S/c21-24(22,17-11-5-2-6-12-17)23-19-15-20(19)14-8-7-13-18(20)16-9-3-1-4-10-16/h1-6,9-12,18-19H,7-8,13-15H2/t18-,19+,20-/m1/s1. The van der Waals surface area contributed by atoms with Crippen LogP contribution in [0.3, 0.4) is 0 Å². The van der Waals surface area contributed by atoms with Gasteiger partial charge in [0.05, 0.1) is 11.0 Å². The van der Waals surface area contributed by atoms with Gasteiger partial charge in [0.25, 0.3) is 10.1 Å². The van der Waals surface area contributed by atoms with Crippen molar-refractivity contribution in [1.29, 1.82) is 0 Å². The van der Waals surface area contributed by atoms with Crippen molar-refractivity contribution in [3.63, 3.8) is 0 Å². The van der Waals surface area contributed by atoms with Crippen LogP contribution in [-0.4, -0.2) is 14.5 Å². The van der Waals surface area contributed by atoms with Crippen LogP contribution in [0.25, 0.3) is 0 Å². The first-order valence-corrected chi connectivity index (χ1v) is 10.1. The van der Waals surface area contributed by atoms with Crippen LogP contribution in [0.5, 0.6) is 0 Å². The Labute approximate surface area is 143 Å². The number of benzene rings is 2. The van der Waals surface area contributed by atoms with Gasteiger partial charge in [0.2, 0.25) is 0 Å². The molecule has 0 amide bonds. The average Bonchev–Trinajstić information content (AvgIpc) is 3.28. The van der Waals surface area contributed by atoms with Crippen LogP contribution in [0.4, 0.5) is 0 Å². The summed E-state index contributed by atoms with van der Waals surface area (Å²) < 4.78 is 30.7. The van der Waals surface area contributed by atoms with Crippen molar-refractivity contribution in [2.75, 3.05) is 0 Å². The van der Waals surface area contributed by atoms with Gasteiger partial charge in [0.1, 0.15) is 0 Å². The van der Waals surface area contributed by atoms with Crippen molar-refractivity contribution in [1.82, 2.24) is 0 Å². The summed E-state index contributed by atoms with van der Waals surface area (Å²) in [5, 5.41) is 0. The second-order valence-corrected chi connectivity index (χ2v) is 8.57. The molecule has 3 atom stereocenters. The molecule has 2 aliphatic carbocycles. The largest absolute Gasteiger partial charge is 0.297 e. The Kier molecular flexibility index (Phi) is 3.97. The van der Waals surface area contributed by atoms with E-state index in [1.807, 2.05) is 12.1 Å². The average molecular weight is 342 g/mol. The summed E-state index contributed by atoms with van der Waals surface area (Å²) in [5.41, 5.74) is 1.32. The lowest BCUT2D eigenvalue weighted by Crippen LogP contribution is -2.25. The predicted octanol–water partition coefficient (Wildman–Crippen LogP) is 4.51. The fourth-order valence-corrected chi connectivity index (χ4v) is 5.46. The molecule has 0 saturated heterocycles. The zero-order valence-electron chi connectivity index (χ0n) is 13.6. The minimum atomic E-state index is -3.68. The highest BCUT2D eigenvalue weighted by molar-refractivity contribution is 7.86. The second-order valence-electron chi connectivity index (χ2n) is 7.00. The maximum absolute atomic E-state index is 12.5. The lowest BCUT2D eigenvalue weighted by molar-refractivity contribution is 0.186. The van der Waals surface area contributed by atoms with Crippen LogP contribution in [-0.2, 0) is 14.3 Å². The van der Waals surface area contributed by atoms with E-state index in [0.29, 0.717) is 5.92 Å². The zero-order chi connectivity index (χ0) is 16.6. The molecule has 4 rings (SSSR count). The lowest BCUT2D eigenvalue weighted by atomic mass is 9.72. The maximum Gasteiger partial charge on any atom is 0.297 e. The molecule has 0 unspecified atom stereocenters.